The lowest BCUT2D eigenvalue weighted by atomic mass is 10.2. The molecule has 21 heavy (non-hydrogen) atoms. The number of imidazole rings is 1. The first-order valence-electron chi connectivity index (χ1n) is 6.47. The van der Waals surface area contributed by atoms with Gasteiger partial charge >= 0.3 is 0 Å². The summed E-state index contributed by atoms with van der Waals surface area (Å²) in [5, 5.41) is 4.15. The third-order valence-corrected chi connectivity index (χ3v) is 4.57. The van der Waals surface area contributed by atoms with E-state index in [1.807, 2.05) is 45.0 Å². The molecule has 0 fully saturated rings. The average molecular weight is 419 g/mol. The fourth-order valence-electron chi connectivity index (χ4n) is 2.39. The number of halogens is 3. The highest BCUT2D eigenvalue weighted by molar-refractivity contribution is 14.1. The molecule has 0 radical (unpaired) electrons. The maximum atomic E-state index is 13.8. The quantitative estimate of drug-likeness (QED) is 0.480. The van der Waals surface area contributed by atoms with Crippen LogP contribution in [0.4, 0.5) is 4.39 Å². The van der Waals surface area contributed by atoms with Crippen molar-refractivity contribution in [2.24, 2.45) is 7.05 Å². The van der Waals surface area contributed by atoms with Crippen molar-refractivity contribution in [3.05, 3.63) is 45.3 Å². The van der Waals surface area contributed by atoms with Gasteiger partial charge in [0.2, 0.25) is 0 Å². The highest BCUT2D eigenvalue weighted by Crippen LogP contribution is 2.23. The van der Waals surface area contributed by atoms with Gasteiger partial charge in [-0.3, -0.25) is 4.68 Å². The molecule has 0 atom stereocenters. The van der Waals surface area contributed by atoms with Gasteiger partial charge in [-0.15, -0.1) is 11.6 Å². The number of hydrogen-bond acceptors (Lipinski definition) is 2. The molecule has 0 spiro atoms. The third-order valence-electron chi connectivity index (χ3n) is 3.50. The largest absolute Gasteiger partial charge is 0.326 e. The van der Waals surface area contributed by atoms with E-state index in [4.69, 9.17) is 11.6 Å². The van der Waals surface area contributed by atoms with Gasteiger partial charge in [-0.1, -0.05) is 0 Å². The molecule has 3 aromatic rings. The SMILES string of the molecule is Cn1nccc1CCn1c(CCl)nc2cc(I)c(F)cc21. The van der Waals surface area contributed by atoms with Crippen LogP contribution in [0.25, 0.3) is 11.0 Å². The Morgan fingerprint density at radius 2 is 2.19 bits per heavy atom. The third kappa shape index (κ3) is 2.78. The Hall–Kier alpha value is -1.15. The molecule has 7 heteroatoms. The van der Waals surface area contributed by atoms with Crippen molar-refractivity contribution in [2.75, 3.05) is 0 Å². The summed E-state index contributed by atoms with van der Waals surface area (Å²) >= 11 is 7.95. The van der Waals surface area contributed by atoms with Gasteiger partial charge < -0.3 is 4.57 Å². The van der Waals surface area contributed by atoms with Crippen LogP contribution in [0.3, 0.4) is 0 Å². The number of aryl methyl sites for hydroxylation is 3. The zero-order valence-corrected chi connectivity index (χ0v) is 14.3. The molecule has 0 saturated heterocycles. The second-order valence-corrected chi connectivity index (χ2v) is 6.19. The van der Waals surface area contributed by atoms with Gasteiger partial charge in [0, 0.05) is 38.0 Å². The molecular formula is C14H13ClFIN4. The van der Waals surface area contributed by atoms with Crippen molar-refractivity contribution in [3.8, 4) is 0 Å². The predicted molar refractivity (Wildman–Crippen MR) is 88.9 cm³/mol. The fraction of sp³-hybridized carbons (Fsp3) is 0.286. The molecule has 2 heterocycles. The van der Waals surface area contributed by atoms with Crippen molar-refractivity contribution < 1.29 is 4.39 Å². The molecular weight excluding hydrogens is 406 g/mol. The van der Waals surface area contributed by atoms with Gasteiger partial charge in [-0.25, -0.2) is 9.37 Å². The highest BCUT2D eigenvalue weighted by Gasteiger charge is 2.13. The van der Waals surface area contributed by atoms with E-state index in [2.05, 4.69) is 10.1 Å². The molecule has 2 aromatic heterocycles. The van der Waals surface area contributed by atoms with Crippen LogP contribution in [0.2, 0.25) is 0 Å². The van der Waals surface area contributed by atoms with Crippen LogP contribution in [0.15, 0.2) is 24.4 Å². The van der Waals surface area contributed by atoms with E-state index < -0.39 is 0 Å². The molecule has 0 saturated carbocycles. The van der Waals surface area contributed by atoms with E-state index in [9.17, 15) is 4.39 Å². The molecule has 0 amide bonds. The number of fused-ring (bicyclic) bond motifs is 1. The number of aromatic nitrogens is 4. The Bertz CT molecular complexity index is 796. The smallest absolute Gasteiger partial charge is 0.138 e. The lowest BCUT2D eigenvalue weighted by molar-refractivity contribution is 0.615. The molecule has 0 unspecified atom stereocenters. The monoisotopic (exact) mass is 418 g/mol. The zero-order valence-electron chi connectivity index (χ0n) is 11.4. The van der Waals surface area contributed by atoms with Crippen LogP contribution in [-0.4, -0.2) is 19.3 Å². The molecule has 0 bridgehead atoms. The number of rotatable bonds is 4. The molecule has 0 aliphatic carbocycles. The number of alkyl halides is 1. The first-order chi connectivity index (χ1) is 10.1. The summed E-state index contributed by atoms with van der Waals surface area (Å²) < 4.78 is 18.2. The van der Waals surface area contributed by atoms with E-state index in [1.165, 1.54) is 6.07 Å². The summed E-state index contributed by atoms with van der Waals surface area (Å²) in [7, 11) is 1.91. The van der Waals surface area contributed by atoms with E-state index in [0.717, 1.165) is 29.0 Å². The Morgan fingerprint density at radius 3 is 2.86 bits per heavy atom. The lowest BCUT2D eigenvalue weighted by Gasteiger charge is -2.08. The van der Waals surface area contributed by atoms with Gasteiger partial charge in [0.25, 0.3) is 0 Å². The van der Waals surface area contributed by atoms with Gasteiger partial charge in [0.05, 0.1) is 20.5 Å². The number of nitrogens with zero attached hydrogens (tertiary/aromatic N) is 4. The molecule has 4 nitrogen and oxygen atoms in total. The second kappa shape index (κ2) is 5.92. The molecule has 110 valence electrons. The minimum Gasteiger partial charge on any atom is -0.326 e. The van der Waals surface area contributed by atoms with Crippen LogP contribution >= 0.6 is 34.2 Å². The van der Waals surface area contributed by atoms with Crippen molar-refractivity contribution in [3.63, 3.8) is 0 Å². The van der Waals surface area contributed by atoms with Crippen LogP contribution in [-0.2, 0) is 25.9 Å². The standard InChI is InChI=1S/C14H13ClFIN4/c1-20-9(2-4-18-20)3-5-21-13-6-10(16)11(17)7-12(13)19-14(21)8-15/h2,4,6-7H,3,5,8H2,1H3. The maximum absolute atomic E-state index is 13.8. The van der Waals surface area contributed by atoms with Crippen LogP contribution in [0.1, 0.15) is 11.5 Å². The molecule has 0 N–H and O–H groups in total. The summed E-state index contributed by atoms with van der Waals surface area (Å²) in [6.07, 6.45) is 2.56. The fourth-order valence-corrected chi connectivity index (χ4v) is 3.05. The Kier molecular flexibility index (Phi) is 4.17. The summed E-state index contributed by atoms with van der Waals surface area (Å²) in [5.41, 5.74) is 2.68. The molecule has 3 rings (SSSR count). The van der Waals surface area contributed by atoms with Gasteiger partial charge in [-0.05, 0) is 34.7 Å². The second-order valence-electron chi connectivity index (χ2n) is 4.76. The Balaban J connectivity index is 2.00. The minimum atomic E-state index is -0.231. The van der Waals surface area contributed by atoms with Crippen LogP contribution < -0.4 is 0 Å². The molecule has 1 aromatic carbocycles. The number of benzene rings is 1. The summed E-state index contributed by atoms with van der Waals surface area (Å²) in [6.45, 7) is 0.693. The highest BCUT2D eigenvalue weighted by atomic mass is 127. The van der Waals surface area contributed by atoms with Crippen molar-refractivity contribution in [1.29, 1.82) is 0 Å². The summed E-state index contributed by atoms with van der Waals surface area (Å²) in [5.74, 6) is 0.833. The zero-order chi connectivity index (χ0) is 15.0. The molecule has 0 aliphatic rings. The van der Waals surface area contributed by atoms with E-state index in [0.29, 0.717) is 16.0 Å². The predicted octanol–water partition coefficient (Wildman–Crippen LogP) is 3.50. The lowest BCUT2D eigenvalue weighted by Crippen LogP contribution is -2.08. The number of hydrogen-bond donors (Lipinski definition) is 0. The van der Waals surface area contributed by atoms with E-state index in [-0.39, 0.29) is 5.82 Å². The normalized spacial score (nSPS) is 11.4. The Labute approximate surface area is 140 Å². The van der Waals surface area contributed by atoms with Crippen LogP contribution in [0.5, 0.6) is 0 Å². The average Bonchev–Trinajstić information content (AvgIpc) is 3.01. The summed E-state index contributed by atoms with van der Waals surface area (Å²) in [4.78, 5) is 4.49. The maximum Gasteiger partial charge on any atom is 0.138 e. The van der Waals surface area contributed by atoms with Gasteiger partial charge in [0.15, 0.2) is 0 Å². The summed E-state index contributed by atoms with van der Waals surface area (Å²) in [6, 6.07) is 5.26. The van der Waals surface area contributed by atoms with Gasteiger partial charge in [0.1, 0.15) is 11.6 Å². The topological polar surface area (TPSA) is 35.6 Å². The Morgan fingerprint density at radius 1 is 1.38 bits per heavy atom. The van der Waals surface area contributed by atoms with Crippen molar-refractivity contribution in [2.45, 2.75) is 18.8 Å². The first kappa shape index (κ1) is 14.8. The van der Waals surface area contributed by atoms with Gasteiger partial charge in [-0.2, -0.15) is 5.10 Å². The first-order valence-corrected chi connectivity index (χ1v) is 8.08. The van der Waals surface area contributed by atoms with Crippen molar-refractivity contribution >= 4 is 45.2 Å². The minimum absolute atomic E-state index is 0.231. The van der Waals surface area contributed by atoms with Crippen LogP contribution in [0, 0.1) is 9.39 Å². The van der Waals surface area contributed by atoms with E-state index in [1.54, 1.807) is 12.3 Å². The van der Waals surface area contributed by atoms with E-state index >= 15 is 0 Å². The molecule has 0 aliphatic heterocycles. The van der Waals surface area contributed by atoms with Crippen molar-refractivity contribution in [1.82, 2.24) is 19.3 Å².